The minimum atomic E-state index is -0.404. The summed E-state index contributed by atoms with van der Waals surface area (Å²) in [4.78, 5) is 0. The van der Waals surface area contributed by atoms with E-state index in [9.17, 15) is 4.39 Å². The third kappa shape index (κ3) is 21.9. The molecule has 0 radical (unpaired) electrons. The summed E-state index contributed by atoms with van der Waals surface area (Å²) in [6.45, 7) is 4.00. The predicted octanol–water partition coefficient (Wildman–Crippen LogP) is 6.47. The Hall–Kier alpha value is -0.150. The molecule has 0 aromatic heterocycles. The van der Waals surface area contributed by atoms with Gasteiger partial charge in [-0.05, 0) is 6.42 Å². The molecule has 0 aliphatic carbocycles. The Labute approximate surface area is 144 Å². The third-order valence-electron chi connectivity index (χ3n) is 4.24. The fourth-order valence-electron chi connectivity index (χ4n) is 2.78. The molecule has 0 atom stereocenters. The van der Waals surface area contributed by atoms with E-state index in [0.717, 1.165) is 13.0 Å². The normalized spacial score (nSPS) is 11.2. The zero-order valence-electron chi connectivity index (χ0n) is 15.6. The lowest BCUT2D eigenvalue weighted by Crippen LogP contribution is -2.06. The molecule has 0 rings (SSSR count). The molecule has 0 heterocycles. The Bertz CT molecular complexity index is 180. The van der Waals surface area contributed by atoms with Crippen LogP contribution in [0, 0.1) is 0 Å². The molecule has 2 nitrogen and oxygen atoms in total. The van der Waals surface area contributed by atoms with E-state index in [-0.39, 0.29) is 6.61 Å². The van der Waals surface area contributed by atoms with Crippen LogP contribution < -0.4 is 0 Å². The van der Waals surface area contributed by atoms with Gasteiger partial charge in [-0.15, -0.1) is 0 Å². The molecule has 0 bridgehead atoms. The number of rotatable bonds is 20. The summed E-state index contributed by atoms with van der Waals surface area (Å²) in [6.07, 6.45) is 19.3. The molecule has 0 fully saturated rings. The van der Waals surface area contributed by atoms with Gasteiger partial charge in [-0.2, -0.15) is 0 Å². The van der Waals surface area contributed by atoms with Gasteiger partial charge >= 0.3 is 0 Å². The second-order valence-electron chi connectivity index (χ2n) is 6.51. The maximum absolute atomic E-state index is 11.7. The summed E-state index contributed by atoms with van der Waals surface area (Å²) < 4.78 is 22.2. The molecule has 23 heavy (non-hydrogen) atoms. The van der Waals surface area contributed by atoms with Gasteiger partial charge < -0.3 is 9.47 Å². The highest BCUT2D eigenvalue weighted by Gasteiger charge is 1.95. The molecular formula is C20H41FO2. The summed E-state index contributed by atoms with van der Waals surface area (Å²) in [5, 5.41) is 0. The highest BCUT2D eigenvalue weighted by Crippen LogP contribution is 2.12. The summed E-state index contributed by atoms with van der Waals surface area (Å²) in [5.74, 6) is 0. The van der Waals surface area contributed by atoms with Gasteiger partial charge in [0.15, 0.2) is 0 Å². The first-order valence-electron chi connectivity index (χ1n) is 10.1. The van der Waals surface area contributed by atoms with E-state index in [4.69, 9.17) is 9.47 Å². The fourth-order valence-corrected chi connectivity index (χ4v) is 2.78. The van der Waals surface area contributed by atoms with Crippen LogP contribution in [0.25, 0.3) is 0 Å². The van der Waals surface area contributed by atoms with Gasteiger partial charge in [0.05, 0.1) is 19.8 Å². The van der Waals surface area contributed by atoms with Gasteiger partial charge in [0, 0.05) is 6.61 Å². The van der Waals surface area contributed by atoms with Gasteiger partial charge in [-0.3, -0.25) is 0 Å². The monoisotopic (exact) mass is 332 g/mol. The van der Waals surface area contributed by atoms with E-state index in [2.05, 4.69) is 6.92 Å². The average Bonchev–Trinajstić information content (AvgIpc) is 2.57. The highest BCUT2D eigenvalue weighted by atomic mass is 19.1. The van der Waals surface area contributed by atoms with Crippen LogP contribution in [0.5, 0.6) is 0 Å². The van der Waals surface area contributed by atoms with Crippen molar-refractivity contribution in [1.29, 1.82) is 0 Å². The number of ether oxygens (including phenoxy) is 2. The Morgan fingerprint density at radius 3 is 1.30 bits per heavy atom. The lowest BCUT2D eigenvalue weighted by atomic mass is 10.0. The zero-order chi connectivity index (χ0) is 16.8. The topological polar surface area (TPSA) is 18.5 Å². The molecule has 0 unspecified atom stereocenters. The van der Waals surface area contributed by atoms with Crippen molar-refractivity contribution in [2.24, 2.45) is 0 Å². The number of halogens is 1. The summed E-state index contributed by atoms with van der Waals surface area (Å²) >= 11 is 0. The van der Waals surface area contributed by atoms with Crippen molar-refractivity contribution in [2.45, 2.75) is 96.8 Å². The standard InChI is InChI=1S/C20H41FO2/c1-2-3-4-5-6-7-8-9-10-11-12-13-14-15-17-22-19-20-23-18-16-21/h2-20H2,1H3. The van der Waals surface area contributed by atoms with Gasteiger partial charge in [0.1, 0.15) is 6.67 Å². The van der Waals surface area contributed by atoms with Crippen LogP contribution in [0.4, 0.5) is 4.39 Å². The fraction of sp³-hybridized carbons (Fsp3) is 1.00. The van der Waals surface area contributed by atoms with Crippen LogP contribution in [0.2, 0.25) is 0 Å². The van der Waals surface area contributed by atoms with Crippen molar-refractivity contribution in [3.05, 3.63) is 0 Å². The van der Waals surface area contributed by atoms with Gasteiger partial charge in [0.2, 0.25) is 0 Å². The van der Waals surface area contributed by atoms with Crippen LogP contribution in [-0.2, 0) is 9.47 Å². The second kappa shape index (κ2) is 21.9. The number of hydrogen-bond acceptors (Lipinski definition) is 2. The molecule has 0 spiro atoms. The largest absolute Gasteiger partial charge is 0.379 e. The van der Waals surface area contributed by atoms with E-state index < -0.39 is 6.67 Å². The first-order valence-corrected chi connectivity index (χ1v) is 10.1. The summed E-state index contributed by atoms with van der Waals surface area (Å²) in [7, 11) is 0. The van der Waals surface area contributed by atoms with Gasteiger partial charge in [-0.1, -0.05) is 90.4 Å². The molecular weight excluding hydrogens is 291 g/mol. The van der Waals surface area contributed by atoms with Gasteiger partial charge in [0.25, 0.3) is 0 Å². The van der Waals surface area contributed by atoms with Crippen molar-refractivity contribution >= 4 is 0 Å². The SMILES string of the molecule is CCCCCCCCCCCCCCCCOCCOCCF. The van der Waals surface area contributed by atoms with E-state index >= 15 is 0 Å². The molecule has 0 N–H and O–H groups in total. The quantitative estimate of drug-likeness (QED) is 0.238. The third-order valence-corrected chi connectivity index (χ3v) is 4.24. The smallest absolute Gasteiger partial charge is 0.113 e. The molecule has 0 saturated carbocycles. The Kier molecular flexibility index (Phi) is 21.7. The molecule has 0 aromatic carbocycles. The molecule has 0 aromatic rings. The summed E-state index contributed by atoms with van der Waals surface area (Å²) in [6, 6.07) is 0. The molecule has 0 amide bonds. The minimum Gasteiger partial charge on any atom is -0.379 e. The lowest BCUT2D eigenvalue weighted by molar-refractivity contribution is 0.0415. The Morgan fingerprint density at radius 2 is 0.870 bits per heavy atom. The van der Waals surface area contributed by atoms with Crippen LogP contribution in [0.3, 0.4) is 0 Å². The minimum absolute atomic E-state index is 0.197. The first kappa shape index (κ1) is 22.9. The van der Waals surface area contributed by atoms with Crippen LogP contribution in [-0.4, -0.2) is 33.1 Å². The Morgan fingerprint density at radius 1 is 0.478 bits per heavy atom. The molecule has 0 saturated heterocycles. The second-order valence-corrected chi connectivity index (χ2v) is 6.51. The van der Waals surface area contributed by atoms with Crippen molar-refractivity contribution in [3.8, 4) is 0 Å². The van der Waals surface area contributed by atoms with Crippen LogP contribution in [0.1, 0.15) is 96.8 Å². The average molecular weight is 333 g/mol. The van der Waals surface area contributed by atoms with E-state index in [1.54, 1.807) is 0 Å². The maximum Gasteiger partial charge on any atom is 0.113 e. The van der Waals surface area contributed by atoms with Gasteiger partial charge in [-0.25, -0.2) is 4.39 Å². The number of hydrogen-bond donors (Lipinski definition) is 0. The number of unbranched alkanes of at least 4 members (excludes halogenated alkanes) is 13. The van der Waals surface area contributed by atoms with Crippen LogP contribution in [0.15, 0.2) is 0 Å². The predicted molar refractivity (Wildman–Crippen MR) is 97.9 cm³/mol. The van der Waals surface area contributed by atoms with Crippen molar-refractivity contribution in [2.75, 3.05) is 33.1 Å². The van der Waals surface area contributed by atoms with Crippen LogP contribution >= 0.6 is 0 Å². The van der Waals surface area contributed by atoms with Crippen molar-refractivity contribution < 1.29 is 13.9 Å². The molecule has 3 heteroatoms. The van der Waals surface area contributed by atoms with E-state index in [1.165, 1.54) is 83.5 Å². The van der Waals surface area contributed by atoms with E-state index in [0.29, 0.717) is 13.2 Å². The zero-order valence-corrected chi connectivity index (χ0v) is 15.6. The molecule has 0 aliphatic heterocycles. The first-order chi connectivity index (χ1) is 11.4. The maximum atomic E-state index is 11.7. The summed E-state index contributed by atoms with van der Waals surface area (Å²) in [5.41, 5.74) is 0. The lowest BCUT2D eigenvalue weighted by Gasteiger charge is -2.05. The molecule has 140 valence electrons. The molecule has 0 aliphatic rings. The van der Waals surface area contributed by atoms with Crippen molar-refractivity contribution in [3.63, 3.8) is 0 Å². The van der Waals surface area contributed by atoms with Crippen molar-refractivity contribution in [1.82, 2.24) is 0 Å². The van der Waals surface area contributed by atoms with E-state index in [1.807, 2.05) is 0 Å². The Balaban J connectivity index is 2.92. The highest BCUT2D eigenvalue weighted by molar-refractivity contribution is 4.49. The number of alkyl halides is 1.